The van der Waals surface area contributed by atoms with Gasteiger partial charge >= 0.3 is 12.0 Å². The van der Waals surface area contributed by atoms with Crippen LogP contribution in [0.1, 0.15) is 57.8 Å². The summed E-state index contributed by atoms with van der Waals surface area (Å²) < 4.78 is 0. The van der Waals surface area contributed by atoms with Crippen LogP contribution in [0, 0.1) is 11.8 Å². The molecule has 0 aliphatic heterocycles. The molecule has 2 amide bonds. The highest BCUT2D eigenvalue weighted by Gasteiger charge is 2.35. The zero-order valence-corrected chi connectivity index (χ0v) is 12.6. The Morgan fingerprint density at radius 1 is 1.00 bits per heavy atom. The van der Waals surface area contributed by atoms with Crippen molar-refractivity contribution in [1.29, 1.82) is 0 Å². The highest BCUT2D eigenvalue weighted by atomic mass is 16.4. The summed E-state index contributed by atoms with van der Waals surface area (Å²) in [5.41, 5.74) is 0. The Morgan fingerprint density at radius 2 is 1.67 bits per heavy atom. The Labute approximate surface area is 126 Å². The Kier molecular flexibility index (Phi) is 4.36. The number of rotatable bonds is 5. The van der Waals surface area contributed by atoms with Crippen molar-refractivity contribution < 1.29 is 14.7 Å². The van der Waals surface area contributed by atoms with Crippen LogP contribution in [0.3, 0.4) is 0 Å². The first-order valence-corrected chi connectivity index (χ1v) is 8.43. The van der Waals surface area contributed by atoms with Gasteiger partial charge in [-0.2, -0.15) is 0 Å². The predicted octanol–water partition coefficient (Wildman–Crippen LogP) is 2.60. The van der Waals surface area contributed by atoms with Gasteiger partial charge in [-0.15, -0.1) is 0 Å². The van der Waals surface area contributed by atoms with E-state index in [2.05, 4.69) is 10.2 Å². The van der Waals surface area contributed by atoms with Crippen molar-refractivity contribution in [3.05, 3.63) is 0 Å². The second kappa shape index (κ2) is 6.24. The summed E-state index contributed by atoms with van der Waals surface area (Å²) in [6, 6.07) is 0.696. The summed E-state index contributed by atoms with van der Waals surface area (Å²) >= 11 is 0. The topological polar surface area (TPSA) is 69.6 Å². The van der Waals surface area contributed by atoms with Gasteiger partial charge in [0.25, 0.3) is 0 Å². The summed E-state index contributed by atoms with van der Waals surface area (Å²) in [5.74, 6) is -0.184. The quantitative estimate of drug-likeness (QED) is 0.819. The van der Waals surface area contributed by atoms with E-state index in [0.717, 1.165) is 38.1 Å². The maximum absolute atomic E-state index is 12.5. The first-order valence-electron chi connectivity index (χ1n) is 8.43. The average Bonchev–Trinajstić information content (AvgIpc) is 3.20. The molecule has 3 fully saturated rings. The summed E-state index contributed by atoms with van der Waals surface area (Å²) in [4.78, 5) is 25.5. The maximum Gasteiger partial charge on any atom is 0.317 e. The minimum Gasteiger partial charge on any atom is -0.481 e. The number of carboxylic acids is 1. The van der Waals surface area contributed by atoms with Crippen molar-refractivity contribution in [2.24, 2.45) is 11.8 Å². The van der Waals surface area contributed by atoms with Gasteiger partial charge in [-0.3, -0.25) is 4.79 Å². The number of amides is 2. The molecular formula is C16H26N2O3. The second-order valence-corrected chi connectivity index (χ2v) is 7.02. The number of carboxylic acid groups (broad SMARTS) is 1. The third-order valence-corrected chi connectivity index (χ3v) is 5.33. The van der Waals surface area contributed by atoms with E-state index in [4.69, 9.17) is 5.11 Å². The molecule has 0 saturated heterocycles. The minimum absolute atomic E-state index is 0.0883. The minimum atomic E-state index is -0.690. The molecule has 118 valence electrons. The van der Waals surface area contributed by atoms with Gasteiger partial charge in [-0.05, 0) is 63.7 Å². The van der Waals surface area contributed by atoms with Gasteiger partial charge in [-0.25, -0.2) is 4.79 Å². The molecule has 3 saturated carbocycles. The van der Waals surface area contributed by atoms with Crippen LogP contribution in [0.5, 0.6) is 0 Å². The Bertz CT molecular complexity index is 396. The molecule has 2 N–H and O–H groups in total. The Morgan fingerprint density at radius 3 is 2.14 bits per heavy atom. The molecule has 5 heteroatoms. The van der Waals surface area contributed by atoms with E-state index in [1.807, 2.05) is 0 Å². The van der Waals surface area contributed by atoms with E-state index in [-0.39, 0.29) is 18.0 Å². The number of carbonyl (C=O) groups is 2. The predicted molar refractivity (Wildman–Crippen MR) is 79.0 cm³/mol. The van der Waals surface area contributed by atoms with Crippen molar-refractivity contribution >= 4 is 12.0 Å². The fourth-order valence-corrected chi connectivity index (χ4v) is 3.42. The molecule has 0 heterocycles. The number of nitrogens with zero attached hydrogens (tertiary/aromatic N) is 1. The molecule has 5 nitrogen and oxygen atoms in total. The van der Waals surface area contributed by atoms with E-state index >= 15 is 0 Å². The lowest BCUT2D eigenvalue weighted by Gasteiger charge is -2.39. The number of hydrogen-bond donors (Lipinski definition) is 2. The Hall–Kier alpha value is -1.26. The number of aliphatic carboxylic acids is 1. The van der Waals surface area contributed by atoms with Crippen LogP contribution in [-0.2, 0) is 4.79 Å². The van der Waals surface area contributed by atoms with Crippen molar-refractivity contribution in [2.45, 2.75) is 69.9 Å². The van der Waals surface area contributed by atoms with Crippen LogP contribution < -0.4 is 5.32 Å². The summed E-state index contributed by atoms with van der Waals surface area (Å²) in [6.07, 6.45) is 9.02. The van der Waals surface area contributed by atoms with Gasteiger partial charge in [0.15, 0.2) is 0 Å². The van der Waals surface area contributed by atoms with Crippen molar-refractivity contribution in [3.8, 4) is 0 Å². The number of hydrogen-bond acceptors (Lipinski definition) is 2. The van der Waals surface area contributed by atoms with E-state index in [1.165, 1.54) is 19.3 Å². The lowest BCUT2D eigenvalue weighted by Crippen LogP contribution is -2.52. The molecule has 0 aromatic carbocycles. The molecule has 0 aromatic heterocycles. The lowest BCUT2D eigenvalue weighted by molar-refractivity contribution is -0.142. The molecule has 0 radical (unpaired) electrons. The summed E-state index contributed by atoms with van der Waals surface area (Å²) in [6.45, 7) is 0.918. The van der Waals surface area contributed by atoms with Gasteiger partial charge in [-0.1, -0.05) is 0 Å². The highest BCUT2D eigenvalue weighted by molar-refractivity contribution is 5.75. The molecule has 0 aromatic rings. The van der Waals surface area contributed by atoms with Gasteiger partial charge in [0.2, 0.25) is 0 Å². The molecule has 21 heavy (non-hydrogen) atoms. The van der Waals surface area contributed by atoms with E-state index in [9.17, 15) is 9.59 Å². The van der Waals surface area contributed by atoms with Crippen LogP contribution in [0.4, 0.5) is 4.79 Å². The monoisotopic (exact) mass is 294 g/mol. The van der Waals surface area contributed by atoms with E-state index < -0.39 is 5.97 Å². The molecular weight excluding hydrogens is 268 g/mol. The van der Waals surface area contributed by atoms with Crippen LogP contribution in [0.15, 0.2) is 0 Å². The third-order valence-electron chi connectivity index (χ3n) is 5.33. The van der Waals surface area contributed by atoms with Crippen molar-refractivity contribution in [1.82, 2.24) is 10.2 Å². The number of urea groups is 1. The lowest BCUT2D eigenvalue weighted by atomic mass is 9.86. The zero-order valence-electron chi connectivity index (χ0n) is 12.6. The SMILES string of the molecule is O=C(O)C1CCC(NC(=O)N(CC2CC2)C2CCC2)CC1. The standard InChI is InChI=1S/C16H26N2O3/c19-15(20)12-6-8-13(9-7-12)17-16(21)18(10-11-4-5-11)14-2-1-3-14/h11-14H,1-10H2,(H,17,21)(H,19,20). The summed E-state index contributed by atoms with van der Waals surface area (Å²) in [5, 5.41) is 12.2. The van der Waals surface area contributed by atoms with Crippen LogP contribution in [0.2, 0.25) is 0 Å². The molecule has 3 aliphatic rings. The summed E-state index contributed by atoms with van der Waals surface area (Å²) in [7, 11) is 0. The van der Waals surface area contributed by atoms with E-state index in [0.29, 0.717) is 18.9 Å². The normalized spacial score (nSPS) is 29.5. The van der Waals surface area contributed by atoms with E-state index in [1.54, 1.807) is 0 Å². The number of nitrogens with one attached hydrogen (secondary N) is 1. The number of carbonyl (C=O) groups excluding carboxylic acids is 1. The Balaban J connectivity index is 1.48. The van der Waals surface area contributed by atoms with Gasteiger partial charge < -0.3 is 15.3 Å². The first-order chi connectivity index (χ1) is 10.1. The molecule has 0 unspecified atom stereocenters. The fraction of sp³-hybridized carbons (Fsp3) is 0.875. The van der Waals surface area contributed by atoms with Crippen LogP contribution in [0.25, 0.3) is 0 Å². The van der Waals surface area contributed by atoms with Crippen LogP contribution in [-0.4, -0.2) is 40.6 Å². The molecule has 0 atom stereocenters. The smallest absolute Gasteiger partial charge is 0.317 e. The zero-order chi connectivity index (χ0) is 14.8. The largest absolute Gasteiger partial charge is 0.481 e. The van der Waals surface area contributed by atoms with Crippen molar-refractivity contribution in [2.75, 3.05) is 6.54 Å². The van der Waals surface area contributed by atoms with Gasteiger partial charge in [0, 0.05) is 18.6 Å². The third kappa shape index (κ3) is 3.69. The molecule has 0 bridgehead atoms. The maximum atomic E-state index is 12.5. The van der Waals surface area contributed by atoms with Gasteiger partial charge in [0.05, 0.1) is 5.92 Å². The second-order valence-electron chi connectivity index (χ2n) is 7.02. The molecule has 3 aliphatic carbocycles. The van der Waals surface area contributed by atoms with Crippen LogP contribution >= 0.6 is 0 Å². The van der Waals surface area contributed by atoms with Crippen molar-refractivity contribution in [3.63, 3.8) is 0 Å². The average molecular weight is 294 g/mol. The molecule has 3 rings (SSSR count). The highest BCUT2D eigenvalue weighted by Crippen LogP contribution is 2.34. The van der Waals surface area contributed by atoms with Gasteiger partial charge in [0.1, 0.15) is 0 Å². The fourth-order valence-electron chi connectivity index (χ4n) is 3.42. The molecule has 0 spiro atoms. The first kappa shape index (κ1) is 14.7.